The lowest BCUT2D eigenvalue weighted by molar-refractivity contribution is -0.130. The van der Waals surface area contributed by atoms with E-state index in [9.17, 15) is 13.2 Å². The molecule has 1 aliphatic rings. The number of nitrogens with zero attached hydrogens (tertiary/aromatic N) is 4. The molecule has 3 aromatic rings. The third-order valence-corrected chi connectivity index (χ3v) is 8.32. The van der Waals surface area contributed by atoms with Crippen molar-refractivity contribution in [3.05, 3.63) is 40.4 Å². The second kappa shape index (κ2) is 8.56. The van der Waals surface area contributed by atoms with E-state index in [1.54, 1.807) is 25.7 Å². The minimum absolute atomic E-state index is 0.0919. The van der Waals surface area contributed by atoms with Gasteiger partial charge in [-0.25, -0.2) is 13.4 Å². The zero-order valence-electron chi connectivity index (χ0n) is 17.6. The molecule has 0 atom stereocenters. The summed E-state index contributed by atoms with van der Waals surface area (Å²) in [7, 11) is -3.73. The van der Waals surface area contributed by atoms with Crippen LogP contribution >= 0.6 is 11.3 Å². The van der Waals surface area contributed by atoms with E-state index in [4.69, 9.17) is 8.94 Å². The fourth-order valence-electron chi connectivity index (χ4n) is 3.71. The standard InChI is InChI=1S/C20H24N4O5S2/c1-13-19(15(3)29-22-13)31(26,27)24-8-5-7-23(9-10-24)18(25)12-16-14(2)28-20(21-16)17-6-4-11-30-17/h4,6,11H,5,7-10,12H2,1-3H3. The van der Waals surface area contributed by atoms with Crippen LogP contribution in [0.2, 0.25) is 0 Å². The topological polar surface area (TPSA) is 110 Å². The predicted molar refractivity (Wildman–Crippen MR) is 114 cm³/mol. The molecule has 31 heavy (non-hydrogen) atoms. The molecule has 1 fully saturated rings. The molecule has 0 aromatic carbocycles. The van der Waals surface area contributed by atoms with Crippen LogP contribution in [0.1, 0.15) is 29.3 Å². The Morgan fingerprint density at radius 2 is 1.97 bits per heavy atom. The predicted octanol–water partition coefficient (Wildman–Crippen LogP) is 2.78. The maximum atomic E-state index is 13.1. The fourth-order valence-corrected chi connectivity index (χ4v) is 6.12. The first-order valence-electron chi connectivity index (χ1n) is 9.98. The van der Waals surface area contributed by atoms with Gasteiger partial charge in [0.05, 0.1) is 17.0 Å². The molecular weight excluding hydrogens is 440 g/mol. The average Bonchev–Trinajstić information content (AvgIpc) is 3.39. The molecule has 11 heteroatoms. The number of sulfonamides is 1. The minimum atomic E-state index is -3.73. The van der Waals surface area contributed by atoms with Crippen molar-refractivity contribution in [2.45, 2.75) is 38.5 Å². The van der Waals surface area contributed by atoms with Gasteiger partial charge in [0.25, 0.3) is 0 Å². The number of hydrogen-bond acceptors (Lipinski definition) is 8. The highest BCUT2D eigenvalue weighted by atomic mass is 32.2. The van der Waals surface area contributed by atoms with Gasteiger partial charge < -0.3 is 13.8 Å². The highest BCUT2D eigenvalue weighted by Gasteiger charge is 2.33. The van der Waals surface area contributed by atoms with Gasteiger partial charge in [0, 0.05) is 26.2 Å². The van der Waals surface area contributed by atoms with Crippen LogP contribution in [0.15, 0.2) is 31.3 Å². The van der Waals surface area contributed by atoms with Crippen LogP contribution < -0.4 is 0 Å². The Kier molecular flexibility index (Phi) is 6.00. The Labute approximate surface area is 184 Å². The highest BCUT2D eigenvalue weighted by molar-refractivity contribution is 7.89. The Balaban J connectivity index is 1.44. The van der Waals surface area contributed by atoms with Crippen molar-refractivity contribution in [3.8, 4) is 10.8 Å². The molecule has 1 amide bonds. The molecule has 0 aliphatic carbocycles. The van der Waals surface area contributed by atoms with E-state index in [2.05, 4.69) is 10.1 Å². The number of aromatic nitrogens is 2. The third kappa shape index (κ3) is 4.30. The van der Waals surface area contributed by atoms with Crippen molar-refractivity contribution in [2.75, 3.05) is 26.2 Å². The molecule has 4 rings (SSSR count). The molecule has 3 aromatic heterocycles. The number of rotatable bonds is 5. The quantitative estimate of drug-likeness (QED) is 0.571. The van der Waals surface area contributed by atoms with Gasteiger partial charge in [-0.15, -0.1) is 11.3 Å². The first-order valence-corrected chi connectivity index (χ1v) is 12.3. The van der Waals surface area contributed by atoms with E-state index in [0.717, 1.165) is 4.88 Å². The number of oxazole rings is 1. The van der Waals surface area contributed by atoms with Gasteiger partial charge in [0.1, 0.15) is 16.3 Å². The summed E-state index contributed by atoms with van der Waals surface area (Å²) in [5.74, 6) is 1.32. The van der Waals surface area contributed by atoms with E-state index in [0.29, 0.717) is 49.1 Å². The second-order valence-electron chi connectivity index (χ2n) is 7.47. The average molecular weight is 465 g/mol. The Morgan fingerprint density at radius 3 is 2.65 bits per heavy atom. The molecule has 166 valence electrons. The number of aryl methyl sites for hydroxylation is 3. The molecule has 1 saturated heterocycles. The second-order valence-corrected chi connectivity index (χ2v) is 10.3. The van der Waals surface area contributed by atoms with E-state index in [1.807, 2.05) is 17.5 Å². The lowest BCUT2D eigenvalue weighted by Crippen LogP contribution is -2.38. The lowest BCUT2D eigenvalue weighted by Gasteiger charge is -2.21. The van der Waals surface area contributed by atoms with E-state index < -0.39 is 10.0 Å². The third-order valence-electron chi connectivity index (χ3n) is 5.32. The van der Waals surface area contributed by atoms with Crippen molar-refractivity contribution in [2.24, 2.45) is 0 Å². The molecule has 0 radical (unpaired) electrons. The maximum absolute atomic E-state index is 13.1. The van der Waals surface area contributed by atoms with Gasteiger partial charge in [-0.05, 0) is 38.6 Å². The first-order chi connectivity index (χ1) is 14.8. The first kappa shape index (κ1) is 21.7. The van der Waals surface area contributed by atoms with Gasteiger partial charge >= 0.3 is 0 Å². The van der Waals surface area contributed by atoms with Crippen LogP contribution in [0.4, 0.5) is 0 Å². The molecule has 0 unspecified atom stereocenters. The van der Waals surface area contributed by atoms with E-state index in [1.165, 1.54) is 15.6 Å². The van der Waals surface area contributed by atoms with E-state index >= 15 is 0 Å². The highest BCUT2D eigenvalue weighted by Crippen LogP contribution is 2.27. The SMILES string of the molecule is Cc1noc(C)c1S(=O)(=O)N1CCCN(C(=O)Cc2nc(-c3cccs3)oc2C)CC1. The molecule has 1 aliphatic heterocycles. The summed E-state index contributed by atoms with van der Waals surface area (Å²) in [5, 5.41) is 5.70. The smallest absolute Gasteiger partial charge is 0.248 e. The summed E-state index contributed by atoms with van der Waals surface area (Å²) in [6.45, 7) is 6.36. The van der Waals surface area contributed by atoms with Crippen molar-refractivity contribution in [3.63, 3.8) is 0 Å². The van der Waals surface area contributed by atoms with Gasteiger partial charge in [0.2, 0.25) is 21.8 Å². The maximum Gasteiger partial charge on any atom is 0.248 e. The largest absolute Gasteiger partial charge is 0.440 e. The monoisotopic (exact) mass is 464 g/mol. The normalized spacial score (nSPS) is 15.9. The molecule has 4 heterocycles. The Morgan fingerprint density at radius 1 is 1.16 bits per heavy atom. The van der Waals surface area contributed by atoms with Crippen LogP contribution in [0.25, 0.3) is 10.8 Å². The van der Waals surface area contributed by atoms with Crippen LogP contribution in [-0.4, -0.2) is 59.8 Å². The molecular formula is C20H24N4O5S2. The zero-order chi connectivity index (χ0) is 22.2. The van der Waals surface area contributed by atoms with Gasteiger partial charge in [-0.2, -0.15) is 4.31 Å². The molecule has 0 spiro atoms. The number of carbonyl (C=O) groups excluding carboxylic acids is 1. The number of carbonyl (C=O) groups is 1. The summed E-state index contributed by atoms with van der Waals surface area (Å²) in [6, 6.07) is 3.84. The summed E-state index contributed by atoms with van der Waals surface area (Å²) < 4.78 is 38.3. The Bertz CT molecular complexity index is 1160. The molecule has 0 saturated carbocycles. The fraction of sp³-hybridized carbons (Fsp3) is 0.450. The molecule has 0 bridgehead atoms. The van der Waals surface area contributed by atoms with E-state index in [-0.39, 0.29) is 29.5 Å². The summed E-state index contributed by atoms with van der Waals surface area (Å²) in [5.41, 5.74) is 0.954. The van der Waals surface area contributed by atoms with Gasteiger partial charge in [-0.3, -0.25) is 4.79 Å². The van der Waals surface area contributed by atoms with Crippen LogP contribution in [0, 0.1) is 20.8 Å². The van der Waals surface area contributed by atoms with Crippen LogP contribution in [0.3, 0.4) is 0 Å². The number of amides is 1. The van der Waals surface area contributed by atoms with Gasteiger partial charge in [-0.1, -0.05) is 11.2 Å². The van der Waals surface area contributed by atoms with Crippen molar-refractivity contribution in [1.82, 2.24) is 19.3 Å². The van der Waals surface area contributed by atoms with Crippen molar-refractivity contribution in [1.29, 1.82) is 0 Å². The lowest BCUT2D eigenvalue weighted by atomic mass is 10.2. The summed E-state index contributed by atoms with van der Waals surface area (Å²) in [4.78, 5) is 20.1. The van der Waals surface area contributed by atoms with Gasteiger partial charge in [0.15, 0.2) is 5.76 Å². The van der Waals surface area contributed by atoms with Crippen LogP contribution in [-0.2, 0) is 21.2 Å². The zero-order valence-corrected chi connectivity index (χ0v) is 19.3. The number of thiophene rings is 1. The van der Waals surface area contributed by atoms with Crippen molar-refractivity contribution >= 4 is 27.3 Å². The summed E-state index contributed by atoms with van der Waals surface area (Å²) >= 11 is 1.53. The van der Waals surface area contributed by atoms with Crippen molar-refractivity contribution < 1.29 is 22.2 Å². The van der Waals surface area contributed by atoms with Crippen LogP contribution in [0.5, 0.6) is 0 Å². The molecule has 0 N–H and O–H groups in total. The molecule has 9 nitrogen and oxygen atoms in total. The minimum Gasteiger partial charge on any atom is -0.440 e. The number of hydrogen-bond donors (Lipinski definition) is 0. The Hall–Kier alpha value is -2.50. The summed E-state index contributed by atoms with van der Waals surface area (Å²) in [6.07, 6.45) is 0.671.